The monoisotopic (exact) mass is 388 g/mol. The molecule has 0 unspecified atom stereocenters. The van der Waals surface area contributed by atoms with E-state index >= 15 is 0 Å². The molecule has 0 aliphatic heterocycles. The van der Waals surface area contributed by atoms with Crippen molar-refractivity contribution in [3.8, 4) is 0 Å². The van der Waals surface area contributed by atoms with E-state index in [1.807, 2.05) is 19.2 Å². The predicted molar refractivity (Wildman–Crippen MR) is 108 cm³/mol. The number of hydrogen-bond acceptors (Lipinski definition) is 3. The zero-order chi connectivity index (χ0) is 19.6. The Morgan fingerprint density at radius 3 is 2.52 bits per heavy atom. The highest BCUT2D eigenvalue weighted by Gasteiger charge is 2.25. The number of benzene rings is 2. The van der Waals surface area contributed by atoms with Gasteiger partial charge in [-0.25, -0.2) is 4.39 Å². The van der Waals surface area contributed by atoms with Crippen molar-refractivity contribution in [3.63, 3.8) is 0 Å². The lowest BCUT2D eigenvalue weighted by atomic mass is 10.1. The van der Waals surface area contributed by atoms with E-state index in [0.29, 0.717) is 25.1 Å². The summed E-state index contributed by atoms with van der Waals surface area (Å²) in [5.74, 6) is 0.00693. The van der Waals surface area contributed by atoms with Gasteiger partial charge in [-0.15, -0.1) is 0 Å². The van der Waals surface area contributed by atoms with Crippen molar-refractivity contribution in [2.24, 2.45) is 0 Å². The van der Waals surface area contributed by atoms with Gasteiger partial charge >= 0.3 is 0 Å². The van der Waals surface area contributed by atoms with Crippen LogP contribution >= 0.6 is 11.8 Å². The van der Waals surface area contributed by atoms with Crippen LogP contribution in [0.4, 0.5) is 4.39 Å². The number of thioether (sulfide) groups is 1. The summed E-state index contributed by atoms with van der Waals surface area (Å²) < 4.78 is 13.4. The summed E-state index contributed by atoms with van der Waals surface area (Å²) in [6.45, 7) is 2.66. The molecule has 2 rings (SSSR count). The lowest BCUT2D eigenvalue weighted by molar-refractivity contribution is -0.133. The van der Waals surface area contributed by atoms with Crippen molar-refractivity contribution in [2.75, 3.05) is 18.6 Å². The average molecular weight is 389 g/mol. The van der Waals surface area contributed by atoms with Crippen molar-refractivity contribution in [2.45, 2.75) is 25.9 Å². The summed E-state index contributed by atoms with van der Waals surface area (Å²) in [6, 6.07) is 14.5. The molecule has 0 saturated heterocycles. The second-order valence-electron chi connectivity index (χ2n) is 6.16. The second-order valence-corrected chi connectivity index (χ2v) is 7.14. The first kappa shape index (κ1) is 21.0. The Labute approximate surface area is 164 Å². The topological polar surface area (TPSA) is 49.4 Å². The molecule has 0 saturated carbocycles. The maximum atomic E-state index is 13.4. The van der Waals surface area contributed by atoms with E-state index in [2.05, 4.69) is 5.32 Å². The van der Waals surface area contributed by atoms with Crippen LogP contribution in [0.15, 0.2) is 54.6 Å². The first-order valence-electron chi connectivity index (χ1n) is 8.93. The van der Waals surface area contributed by atoms with Crippen LogP contribution in [-0.4, -0.2) is 41.3 Å². The minimum atomic E-state index is -0.612. The van der Waals surface area contributed by atoms with E-state index in [4.69, 9.17) is 0 Å². The van der Waals surface area contributed by atoms with Crippen LogP contribution in [0.3, 0.4) is 0 Å². The second kappa shape index (κ2) is 10.7. The summed E-state index contributed by atoms with van der Waals surface area (Å²) in [4.78, 5) is 27.2. The molecular weight excluding hydrogens is 363 g/mol. The Balaban J connectivity index is 2.12. The molecule has 4 nitrogen and oxygen atoms in total. The summed E-state index contributed by atoms with van der Waals surface area (Å²) >= 11 is 1.62. The maximum absolute atomic E-state index is 13.4. The third kappa shape index (κ3) is 6.40. The SMILES string of the molecule is CCN(Cc1cccc(F)c1)C(=O)[C@H](CCSC)NC(=O)c1ccccc1. The van der Waals surface area contributed by atoms with Gasteiger partial charge in [-0.2, -0.15) is 11.8 Å². The van der Waals surface area contributed by atoms with Crippen LogP contribution < -0.4 is 5.32 Å². The number of carbonyl (C=O) groups excluding carboxylic acids is 2. The van der Waals surface area contributed by atoms with Crippen LogP contribution in [0, 0.1) is 5.82 Å². The van der Waals surface area contributed by atoms with Gasteiger partial charge in [0.15, 0.2) is 0 Å². The van der Waals surface area contributed by atoms with E-state index in [9.17, 15) is 14.0 Å². The fraction of sp³-hybridized carbons (Fsp3) is 0.333. The number of nitrogens with one attached hydrogen (secondary N) is 1. The Hall–Kier alpha value is -2.34. The van der Waals surface area contributed by atoms with E-state index in [1.54, 1.807) is 53.1 Å². The number of hydrogen-bond donors (Lipinski definition) is 1. The molecule has 2 aromatic rings. The van der Waals surface area contributed by atoms with Gasteiger partial charge in [0, 0.05) is 18.7 Å². The number of carbonyl (C=O) groups is 2. The smallest absolute Gasteiger partial charge is 0.251 e. The van der Waals surface area contributed by atoms with E-state index in [0.717, 1.165) is 11.3 Å². The Morgan fingerprint density at radius 1 is 1.15 bits per heavy atom. The van der Waals surface area contributed by atoms with Crippen LogP contribution in [0.5, 0.6) is 0 Å². The van der Waals surface area contributed by atoms with Gasteiger partial charge in [-0.1, -0.05) is 30.3 Å². The van der Waals surface area contributed by atoms with Gasteiger partial charge < -0.3 is 10.2 Å². The Kier molecular flexibility index (Phi) is 8.33. The highest BCUT2D eigenvalue weighted by atomic mass is 32.2. The van der Waals surface area contributed by atoms with Crippen LogP contribution in [-0.2, 0) is 11.3 Å². The molecule has 0 fully saturated rings. The molecule has 2 aromatic carbocycles. The first-order chi connectivity index (χ1) is 13.0. The highest BCUT2D eigenvalue weighted by molar-refractivity contribution is 7.98. The molecule has 0 bridgehead atoms. The summed E-state index contributed by atoms with van der Waals surface area (Å²) in [5.41, 5.74) is 1.25. The molecular formula is C21H25FN2O2S. The quantitative estimate of drug-likeness (QED) is 0.712. The van der Waals surface area contributed by atoms with Gasteiger partial charge in [0.25, 0.3) is 5.91 Å². The van der Waals surface area contributed by atoms with Gasteiger partial charge in [0.2, 0.25) is 5.91 Å². The molecule has 1 atom stereocenters. The minimum Gasteiger partial charge on any atom is -0.340 e. The fourth-order valence-electron chi connectivity index (χ4n) is 2.75. The number of likely N-dealkylation sites (N-methyl/N-ethyl adjacent to an activating group) is 1. The molecule has 0 spiro atoms. The highest BCUT2D eigenvalue weighted by Crippen LogP contribution is 2.12. The van der Waals surface area contributed by atoms with Crippen molar-refractivity contribution in [1.82, 2.24) is 10.2 Å². The van der Waals surface area contributed by atoms with Crippen molar-refractivity contribution in [3.05, 3.63) is 71.5 Å². The zero-order valence-electron chi connectivity index (χ0n) is 15.7. The minimum absolute atomic E-state index is 0.153. The zero-order valence-corrected chi connectivity index (χ0v) is 16.5. The predicted octanol–water partition coefficient (Wildman–Crippen LogP) is 3.73. The third-order valence-corrected chi connectivity index (χ3v) is 4.85. The number of rotatable bonds is 9. The fourth-order valence-corrected chi connectivity index (χ4v) is 3.22. The maximum Gasteiger partial charge on any atom is 0.251 e. The molecule has 0 radical (unpaired) electrons. The van der Waals surface area contributed by atoms with Crippen molar-refractivity contribution >= 4 is 23.6 Å². The first-order valence-corrected chi connectivity index (χ1v) is 10.3. The van der Waals surface area contributed by atoms with Crippen LogP contribution in [0.25, 0.3) is 0 Å². The lowest BCUT2D eigenvalue weighted by Crippen LogP contribution is -2.48. The van der Waals surface area contributed by atoms with E-state index < -0.39 is 6.04 Å². The number of nitrogens with zero attached hydrogens (tertiary/aromatic N) is 1. The molecule has 0 aromatic heterocycles. The Bertz CT molecular complexity index is 755. The molecule has 0 heterocycles. The third-order valence-electron chi connectivity index (χ3n) is 4.21. The molecule has 1 N–H and O–H groups in total. The molecule has 144 valence electrons. The summed E-state index contributed by atoms with van der Waals surface area (Å²) in [6.07, 6.45) is 2.50. The van der Waals surface area contributed by atoms with Gasteiger partial charge in [0.05, 0.1) is 0 Å². The van der Waals surface area contributed by atoms with Gasteiger partial charge in [0.1, 0.15) is 11.9 Å². The van der Waals surface area contributed by atoms with Crippen LogP contribution in [0.2, 0.25) is 0 Å². The van der Waals surface area contributed by atoms with E-state index in [-0.39, 0.29) is 17.6 Å². The van der Waals surface area contributed by atoms with Crippen molar-refractivity contribution in [1.29, 1.82) is 0 Å². The van der Waals surface area contributed by atoms with Gasteiger partial charge in [-0.05, 0) is 55.2 Å². The van der Waals surface area contributed by atoms with Gasteiger partial charge in [-0.3, -0.25) is 9.59 Å². The molecule has 2 amide bonds. The average Bonchev–Trinajstić information content (AvgIpc) is 2.69. The molecule has 0 aliphatic rings. The number of halogens is 1. The normalized spacial score (nSPS) is 11.7. The Morgan fingerprint density at radius 2 is 1.89 bits per heavy atom. The molecule has 6 heteroatoms. The molecule has 0 aliphatic carbocycles. The van der Waals surface area contributed by atoms with Crippen molar-refractivity contribution < 1.29 is 14.0 Å². The summed E-state index contributed by atoms with van der Waals surface area (Å²) in [5, 5.41) is 2.86. The lowest BCUT2D eigenvalue weighted by Gasteiger charge is -2.27. The number of amides is 2. The van der Waals surface area contributed by atoms with E-state index in [1.165, 1.54) is 12.1 Å². The molecule has 27 heavy (non-hydrogen) atoms. The standard InChI is InChI=1S/C21H25FN2O2S/c1-3-24(15-16-8-7-11-18(22)14-16)21(26)19(12-13-27-2)23-20(25)17-9-5-4-6-10-17/h4-11,14,19H,3,12-13,15H2,1-2H3,(H,23,25)/t19-/m0/s1. The van der Waals surface area contributed by atoms with Crippen LogP contribution in [0.1, 0.15) is 29.3 Å². The summed E-state index contributed by atoms with van der Waals surface area (Å²) in [7, 11) is 0. The largest absolute Gasteiger partial charge is 0.340 e.